The number of carbonyl (C=O) groups excluding carboxylic acids is 14. The van der Waals surface area contributed by atoms with Crippen molar-refractivity contribution in [3.8, 4) is 5.75 Å². The Bertz CT molecular complexity index is 5060. The molecule has 8 rings (SSSR count). The van der Waals surface area contributed by atoms with Crippen LogP contribution in [0.4, 0.5) is 13.2 Å². The van der Waals surface area contributed by atoms with Crippen LogP contribution in [-0.2, 0) is 104 Å². The van der Waals surface area contributed by atoms with Gasteiger partial charge in [-0.1, -0.05) is 145 Å². The fourth-order valence-corrected chi connectivity index (χ4v) is 16.1. The minimum atomic E-state index is -2.72. The van der Waals surface area contributed by atoms with Gasteiger partial charge in [0.2, 0.25) is 82.7 Å². The quantitative estimate of drug-likeness (QED) is 0.0438. The minimum Gasteiger partial charge on any atom is -0.508 e. The number of fused-ring (bicyclic) bond motifs is 1. The van der Waals surface area contributed by atoms with E-state index in [1.807, 2.05) is 0 Å². The van der Waals surface area contributed by atoms with Crippen LogP contribution in [0.1, 0.15) is 101 Å². The van der Waals surface area contributed by atoms with Crippen LogP contribution < -0.4 is 53.6 Å². The lowest BCUT2D eigenvalue weighted by Gasteiger charge is -2.37. The van der Waals surface area contributed by atoms with E-state index in [1.165, 1.54) is 71.9 Å². The predicted octanol–water partition coefficient (Wildman–Crippen LogP) is 2.42. The molecule has 2 aromatic heterocycles. The van der Waals surface area contributed by atoms with Gasteiger partial charge in [0, 0.05) is 95.5 Å². The van der Waals surface area contributed by atoms with Gasteiger partial charge in [0.05, 0.1) is 37.8 Å². The number of aliphatic hydroxyl groups excluding tert-OH is 1. The lowest BCUT2D eigenvalue weighted by molar-refractivity contribution is -0.151. The Kier molecular flexibility index (Phi) is 39.2. The molecule has 0 spiro atoms. The average molecular weight is 1840 g/mol. The molecule has 0 saturated carbocycles. The SMILES string of the molecule is CCCC[C@H]1C(=O)N(C)CC(=O)N[C@@H](CC(=O)O)C(=O)N[C@@H](C(C)C)C(=O)N(C)[C@@H](Cc2ccccc2)C(=O)N[C@@H](Cc2ccc(O)cc2)[C@@H](O)N(C)CC(=O)N[C@@H](Cc2c[nH]c3ccccc23)C(=O)N[C@@H](Cc2cccnc2)C(=O)N[C@@H](CC(C)C)C(=O)N[C@H](C(=O)NCC(N)=O)CSCC(=O)N[C@@H](CC2=CC(F)C(F)C(F)=C2)C(=O)N(C)[C@@H](Cc2ccccc2)C(=O)N1C. The topological polar surface area (TPSA) is 496 Å². The summed E-state index contributed by atoms with van der Waals surface area (Å²) in [7, 11) is 6.29. The molecule has 1 fully saturated rings. The molecule has 2 unspecified atom stereocenters. The number of H-pyrrole nitrogens is 1. The number of carboxylic acid groups (broad SMARTS) is 1. The number of aromatic amines is 1. The molecule has 4 aromatic carbocycles. The molecular formula is C92H118F3N17O18S. The van der Waals surface area contributed by atoms with Crippen LogP contribution in [-0.4, -0.2) is 290 Å². The summed E-state index contributed by atoms with van der Waals surface area (Å²) in [4.78, 5) is 232. The van der Waals surface area contributed by atoms with Crippen LogP contribution in [0.5, 0.6) is 5.75 Å². The number of phenolic OH excluding ortho intramolecular Hbond substituents is 1. The van der Waals surface area contributed by atoms with E-state index >= 15 is 37.5 Å². The summed E-state index contributed by atoms with van der Waals surface area (Å²) in [6.07, 6.45) is -3.70. The second kappa shape index (κ2) is 49.7. The number of aliphatic carboxylic acids is 1. The smallest absolute Gasteiger partial charge is 0.305 e. The number of para-hydroxylation sites is 1. The summed E-state index contributed by atoms with van der Waals surface area (Å²) in [5.74, 6) is -19.3. The van der Waals surface area contributed by atoms with Gasteiger partial charge < -0.3 is 93.5 Å². The van der Waals surface area contributed by atoms with E-state index in [1.54, 1.807) is 138 Å². The van der Waals surface area contributed by atoms with Crippen molar-refractivity contribution in [3.63, 3.8) is 0 Å². The van der Waals surface area contributed by atoms with Gasteiger partial charge in [-0.05, 0) is 108 Å². The van der Waals surface area contributed by atoms with Crippen LogP contribution in [0.2, 0.25) is 0 Å². The number of aromatic nitrogens is 2. The Balaban J connectivity index is 1.22. The third-order valence-corrected chi connectivity index (χ3v) is 23.5. The number of alkyl halides is 2. The van der Waals surface area contributed by atoms with Crippen LogP contribution in [0, 0.1) is 11.8 Å². The first-order chi connectivity index (χ1) is 62.2. The van der Waals surface area contributed by atoms with Gasteiger partial charge in [-0.3, -0.25) is 81.8 Å². The number of carbonyl (C=O) groups is 15. The third kappa shape index (κ3) is 30.8. The molecule has 6 aromatic rings. The number of nitrogens with two attached hydrogens (primary N) is 1. The lowest BCUT2D eigenvalue weighted by Crippen LogP contribution is -2.61. The number of phenols is 1. The maximum Gasteiger partial charge on any atom is 0.305 e. The number of nitrogens with zero attached hydrogens (tertiary/aromatic N) is 6. The summed E-state index contributed by atoms with van der Waals surface area (Å²) >= 11 is 0.689. The van der Waals surface area contributed by atoms with E-state index < -0.39 is 235 Å². The van der Waals surface area contributed by atoms with Crippen molar-refractivity contribution in [2.24, 2.45) is 17.6 Å². The standard InChI is InChI=1S/C92H118F3N17O18S/c1-11-12-29-72-90(128)109(7)49-77(116)101-68(44-79(118)119)86(124)107-81(53(4)5)92(130)111(9)73(41-54-22-15-13-16-23-54)87(125)105-69(38-56-30-32-60(113)33-31-56)88(126)108(6)48-76(115)100-67(43-59-46-98-64-28-20-19-27-61(59)64)85(123)104-66(39-57-26-21-34-97-45-57)84(122)103-65(35-52(2)3)83(121)106-71(82(120)99-47-75(96)114)50-131-51-78(117)102-70(40-58-36-62(93)80(95)63(94)37-58)89(127)112(10)74(91(129)110(72)8)42-55-24-17-14-18-25-55/h13-28,30-34,36-37,45-46,52-53,62,65-74,80-81,88,98,113,126H,11-12,29,35,38-44,47-51H2,1-10H3,(H2,96,114)(H,99,120)(H,100,115)(H,101,116)(H,102,117)(H,103,122)(H,104,123)(H,105,125)(H,106,121)(H,107,124)(H,118,119)/t62?,65-,66-,67-,68-,69-,70-,71-,72-,73-,74-,80?,81-,88+/m0/s1. The fourth-order valence-electron chi connectivity index (χ4n) is 15.2. The number of hydrogen-bond donors (Lipinski definition) is 14. The molecule has 706 valence electrons. The molecule has 14 amide bonds. The Hall–Kier alpha value is -13.0. The molecule has 2 aliphatic rings. The zero-order valence-corrected chi connectivity index (χ0v) is 75.6. The number of pyridine rings is 1. The van der Waals surface area contributed by atoms with Gasteiger partial charge in [-0.25, -0.2) is 13.2 Å². The molecule has 35 nitrogen and oxygen atoms in total. The molecule has 0 bridgehead atoms. The summed E-state index contributed by atoms with van der Waals surface area (Å²) in [5, 5.41) is 57.5. The highest BCUT2D eigenvalue weighted by Crippen LogP contribution is 2.29. The van der Waals surface area contributed by atoms with Gasteiger partial charge in [-0.2, -0.15) is 0 Å². The van der Waals surface area contributed by atoms with Crippen LogP contribution in [0.15, 0.2) is 163 Å². The molecule has 131 heavy (non-hydrogen) atoms. The van der Waals surface area contributed by atoms with Crippen LogP contribution in [0.3, 0.4) is 0 Å². The first kappa shape index (κ1) is 103. The number of allylic oxidation sites excluding steroid dienone is 3. The molecule has 3 heterocycles. The number of carboxylic acids is 1. The van der Waals surface area contributed by atoms with Crippen molar-refractivity contribution >= 4 is 111 Å². The number of hydrogen-bond acceptors (Lipinski definition) is 20. The summed E-state index contributed by atoms with van der Waals surface area (Å²) in [6.45, 7) is 5.99. The number of aliphatic hydroxyl groups is 1. The average Bonchev–Trinajstić information content (AvgIpc) is 1.38. The van der Waals surface area contributed by atoms with Crippen molar-refractivity contribution < 1.29 is 100 Å². The number of halogens is 3. The molecule has 14 atom stereocenters. The lowest BCUT2D eigenvalue weighted by atomic mass is 9.96. The molecule has 0 radical (unpaired) electrons. The van der Waals surface area contributed by atoms with E-state index in [-0.39, 0.29) is 62.7 Å². The second-order valence-corrected chi connectivity index (χ2v) is 34.6. The molecule has 1 saturated heterocycles. The first-order valence-corrected chi connectivity index (χ1v) is 44.2. The first-order valence-electron chi connectivity index (χ1n) is 43.0. The highest BCUT2D eigenvalue weighted by Gasteiger charge is 2.43. The van der Waals surface area contributed by atoms with Gasteiger partial charge >= 0.3 is 5.97 Å². The zero-order chi connectivity index (χ0) is 96.0. The molecule has 1 aliphatic heterocycles. The molecular weight excluding hydrogens is 1720 g/mol. The predicted molar refractivity (Wildman–Crippen MR) is 481 cm³/mol. The number of likely N-dealkylation sites (N-methyl/N-ethyl adjacent to an activating group) is 5. The summed E-state index contributed by atoms with van der Waals surface area (Å²) in [6, 6.07) is 15.1. The monoisotopic (exact) mass is 1840 g/mol. The van der Waals surface area contributed by atoms with Gasteiger partial charge in [0.25, 0.3) is 0 Å². The van der Waals surface area contributed by atoms with Crippen molar-refractivity contribution in [1.82, 2.24) is 82.3 Å². The number of primary amides is 1. The van der Waals surface area contributed by atoms with E-state index in [0.717, 1.165) is 24.5 Å². The number of thioether (sulfide) groups is 1. The van der Waals surface area contributed by atoms with Crippen molar-refractivity contribution in [2.75, 3.05) is 66.4 Å². The number of rotatable bonds is 23. The Morgan fingerprint density at radius 3 is 1.76 bits per heavy atom. The van der Waals surface area contributed by atoms with Crippen LogP contribution in [0.25, 0.3) is 10.9 Å². The van der Waals surface area contributed by atoms with Crippen LogP contribution >= 0.6 is 11.8 Å². The highest BCUT2D eigenvalue weighted by atomic mass is 32.2. The number of unbranched alkanes of at least 4 members (excludes halogenated alkanes) is 1. The maximum atomic E-state index is 15.5. The maximum absolute atomic E-state index is 15.5. The number of nitrogens with one attached hydrogen (secondary N) is 10. The Labute approximate surface area is 761 Å². The number of aromatic hydroxyl groups is 1. The number of benzene rings is 4. The third-order valence-electron chi connectivity index (χ3n) is 22.4. The summed E-state index contributed by atoms with van der Waals surface area (Å²) < 4.78 is 45.2. The van der Waals surface area contributed by atoms with E-state index in [9.17, 15) is 62.9 Å². The largest absolute Gasteiger partial charge is 0.508 e. The van der Waals surface area contributed by atoms with Crippen molar-refractivity contribution in [3.05, 3.63) is 191 Å². The normalized spacial score (nSPS) is 24.2. The van der Waals surface area contributed by atoms with Gasteiger partial charge in [-0.15, -0.1) is 11.8 Å². The van der Waals surface area contributed by atoms with Crippen molar-refractivity contribution in [1.29, 1.82) is 0 Å². The Morgan fingerprint density at radius 2 is 1.15 bits per heavy atom. The van der Waals surface area contributed by atoms with Crippen molar-refractivity contribution in [2.45, 2.75) is 190 Å². The second-order valence-electron chi connectivity index (χ2n) is 33.6. The minimum absolute atomic E-state index is 0.0611. The molecule has 1 aliphatic carbocycles. The zero-order valence-electron chi connectivity index (χ0n) is 74.8. The van der Waals surface area contributed by atoms with E-state index in [0.29, 0.717) is 69.1 Å². The van der Waals surface area contributed by atoms with Gasteiger partial charge in [0.1, 0.15) is 78.2 Å². The molecule has 15 N–H and O–H groups in total. The van der Waals surface area contributed by atoms with E-state index in [4.69, 9.17) is 5.73 Å². The van der Waals surface area contributed by atoms with Gasteiger partial charge in [0.15, 0.2) is 12.3 Å². The number of amides is 14. The fraction of sp³-hybridized carbons (Fsp3) is 0.457. The highest BCUT2D eigenvalue weighted by molar-refractivity contribution is 8.00. The summed E-state index contributed by atoms with van der Waals surface area (Å²) in [5.41, 5.74) is 8.14. The Morgan fingerprint density at radius 1 is 0.580 bits per heavy atom. The van der Waals surface area contributed by atoms with E-state index in [2.05, 4.69) is 57.8 Å². The molecule has 39 heteroatoms.